The molecular formula is C10H13N3O3. The molecule has 16 heavy (non-hydrogen) atoms. The van der Waals surface area contributed by atoms with Crippen LogP contribution in [-0.2, 0) is 9.53 Å². The Kier molecular flexibility index (Phi) is 3.00. The van der Waals surface area contributed by atoms with E-state index in [9.17, 15) is 4.79 Å². The molecule has 2 rings (SSSR count). The highest BCUT2D eigenvalue weighted by Crippen LogP contribution is 2.21. The highest BCUT2D eigenvalue weighted by Gasteiger charge is 2.30. The number of aromatic nitrogens is 2. The summed E-state index contributed by atoms with van der Waals surface area (Å²) >= 11 is 0. The van der Waals surface area contributed by atoms with Gasteiger partial charge in [-0.15, -0.1) is 0 Å². The van der Waals surface area contributed by atoms with Gasteiger partial charge < -0.3 is 14.2 Å². The molecule has 0 spiro atoms. The fourth-order valence-electron chi connectivity index (χ4n) is 1.65. The zero-order valence-electron chi connectivity index (χ0n) is 9.05. The van der Waals surface area contributed by atoms with E-state index in [0.29, 0.717) is 31.5 Å². The van der Waals surface area contributed by atoms with E-state index in [0.717, 1.165) is 0 Å². The van der Waals surface area contributed by atoms with Gasteiger partial charge in [0.15, 0.2) is 5.82 Å². The van der Waals surface area contributed by atoms with E-state index in [1.165, 1.54) is 6.08 Å². The summed E-state index contributed by atoms with van der Waals surface area (Å²) in [6, 6.07) is -0.281. The first-order chi connectivity index (χ1) is 7.72. The molecule has 2 heterocycles. The van der Waals surface area contributed by atoms with Crippen LogP contribution in [0.15, 0.2) is 17.2 Å². The minimum Gasteiger partial charge on any atom is -0.377 e. The molecule has 86 valence electrons. The number of carbonyl (C=O) groups is 1. The van der Waals surface area contributed by atoms with Gasteiger partial charge in [0, 0.05) is 13.5 Å². The molecule has 0 aliphatic carbocycles. The minimum absolute atomic E-state index is 0.143. The maximum Gasteiger partial charge on any atom is 0.246 e. The van der Waals surface area contributed by atoms with Crippen LogP contribution in [0.1, 0.15) is 17.8 Å². The average Bonchev–Trinajstić information content (AvgIpc) is 2.75. The van der Waals surface area contributed by atoms with Crippen molar-refractivity contribution < 1.29 is 14.1 Å². The number of carbonyl (C=O) groups excluding carboxylic acids is 1. The molecule has 0 bridgehead atoms. The fourth-order valence-corrected chi connectivity index (χ4v) is 1.65. The Balaban J connectivity index is 2.22. The van der Waals surface area contributed by atoms with Crippen molar-refractivity contribution in [2.75, 3.05) is 19.8 Å². The Morgan fingerprint density at radius 1 is 1.69 bits per heavy atom. The molecular weight excluding hydrogens is 210 g/mol. The second kappa shape index (κ2) is 4.44. The number of amides is 1. The van der Waals surface area contributed by atoms with E-state index in [2.05, 4.69) is 16.7 Å². The Hall–Kier alpha value is -1.69. The van der Waals surface area contributed by atoms with Gasteiger partial charge in [0.25, 0.3) is 0 Å². The van der Waals surface area contributed by atoms with Crippen molar-refractivity contribution >= 4 is 5.91 Å². The first kappa shape index (κ1) is 10.8. The van der Waals surface area contributed by atoms with Crippen molar-refractivity contribution in [2.24, 2.45) is 0 Å². The second-order valence-electron chi connectivity index (χ2n) is 3.50. The number of aryl methyl sites for hydroxylation is 1. The van der Waals surface area contributed by atoms with E-state index >= 15 is 0 Å². The Labute approximate surface area is 92.9 Å². The van der Waals surface area contributed by atoms with Gasteiger partial charge >= 0.3 is 0 Å². The second-order valence-corrected chi connectivity index (χ2v) is 3.50. The Bertz CT molecular complexity index is 402. The lowest BCUT2D eigenvalue weighted by Gasteiger charge is -2.32. The molecule has 1 aromatic rings. The third-order valence-electron chi connectivity index (χ3n) is 2.43. The maximum atomic E-state index is 11.6. The van der Waals surface area contributed by atoms with Crippen LogP contribution in [-0.4, -0.2) is 40.7 Å². The van der Waals surface area contributed by atoms with Crippen LogP contribution >= 0.6 is 0 Å². The number of nitrogens with zero attached hydrogens (tertiary/aromatic N) is 3. The SMILES string of the molecule is C=CC(=O)N1CCOC[C@@H]1c1noc(C)n1. The van der Waals surface area contributed by atoms with Crippen LogP contribution in [0.3, 0.4) is 0 Å². The van der Waals surface area contributed by atoms with Crippen LogP contribution in [0.4, 0.5) is 0 Å². The van der Waals surface area contributed by atoms with Crippen molar-refractivity contribution in [3.63, 3.8) is 0 Å². The normalized spacial score (nSPS) is 20.8. The van der Waals surface area contributed by atoms with Crippen molar-refractivity contribution in [1.29, 1.82) is 0 Å². The van der Waals surface area contributed by atoms with E-state index in [4.69, 9.17) is 9.26 Å². The molecule has 1 atom stereocenters. The molecule has 1 fully saturated rings. The lowest BCUT2D eigenvalue weighted by molar-refractivity contribution is -0.135. The monoisotopic (exact) mass is 223 g/mol. The molecule has 0 saturated carbocycles. The largest absolute Gasteiger partial charge is 0.377 e. The highest BCUT2D eigenvalue weighted by molar-refractivity contribution is 5.87. The summed E-state index contributed by atoms with van der Waals surface area (Å²) in [5.74, 6) is 0.815. The predicted octanol–water partition coefficient (Wildman–Crippen LogP) is 0.464. The van der Waals surface area contributed by atoms with Gasteiger partial charge in [-0.25, -0.2) is 0 Å². The number of hydrogen-bond donors (Lipinski definition) is 0. The van der Waals surface area contributed by atoms with Gasteiger partial charge in [0.1, 0.15) is 6.04 Å². The molecule has 1 saturated heterocycles. The lowest BCUT2D eigenvalue weighted by atomic mass is 10.2. The highest BCUT2D eigenvalue weighted by atomic mass is 16.5. The number of rotatable bonds is 2. The molecule has 0 radical (unpaired) electrons. The Morgan fingerprint density at radius 2 is 2.50 bits per heavy atom. The van der Waals surface area contributed by atoms with Gasteiger partial charge in [0.05, 0.1) is 13.2 Å². The molecule has 1 aliphatic heterocycles. The minimum atomic E-state index is -0.281. The van der Waals surface area contributed by atoms with E-state index in [1.807, 2.05) is 0 Å². The third-order valence-corrected chi connectivity index (χ3v) is 2.43. The first-order valence-electron chi connectivity index (χ1n) is 5.03. The number of morpholine rings is 1. The molecule has 6 heteroatoms. The van der Waals surface area contributed by atoms with Gasteiger partial charge in [0.2, 0.25) is 11.8 Å². The molecule has 6 nitrogen and oxygen atoms in total. The third kappa shape index (κ3) is 1.96. The van der Waals surface area contributed by atoms with Crippen LogP contribution in [0.2, 0.25) is 0 Å². The molecule has 0 aromatic carbocycles. The van der Waals surface area contributed by atoms with Gasteiger partial charge in [-0.3, -0.25) is 4.79 Å². The van der Waals surface area contributed by atoms with E-state index in [1.54, 1.807) is 11.8 Å². The Morgan fingerprint density at radius 3 is 3.12 bits per heavy atom. The van der Waals surface area contributed by atoms with Gasteiger partial charge in [-0.05, 0) is 6.08 Å². The van der Waals surface area contributed by atoms with Crippen LogP contribution in [0.25, 0.3) is 0 Å². The molecule has 0 unspecified atom stereocenters. The molecule has 0 N–H and O–H groups in total. The van der Waals surface area contributed by atoms with Crippen molar-refractivity contribution in [3.8, 4) is 0 Å². The van der Waals surface area contributed by atoms with Crippen LogP contribution in [0.5, 0.6) is 0 Å². The quantitative estimate of drug-likeness (QED) is 0.681. The summed E-state index contributed by atoms with van der Waals surface area (Å²) in [6.45, 7) is 6.61. The smallest absolute Gasteiger partial charge is 0.246 e. The molecule has 1 aliphatic rings. The fraction of sp³-hybridized carbons (Fsp3) is 0.500. The molecule has 1 amide bonds. The van der Waals surface area contributed by atoms with Crippen molar-refractivity contribution in [2.45, 2.75) is 13.0 Å². The van der Waals surface area contributed by atoms with Crippen molar-refractivity contribution in [3.05, 3.63) is 24.4 Å². The topological polar surface area (TPSA) is 68.5 Å². The predicted molar refractivity (Wildman–Crippen MR) is 54.5 cm³/mol. The lowest BCUT2D eigenvalue weighted by Crippen LogP contribution is -2.43. The maximum absolute atomic E-state index is 11.6. The van der Waals surface area contributed by atoms with Gasteiger partial charge in [-0.1, -0.05) is 11.7 Å². The number of hydrogen-bond acceptors (Lipinski definition) is 5. The summed E-state index contributed by atoms with van der Waals surface area (Å²) in [4.78, 5) is 17.4. The van der Waals surface area contributed by atoms with E-state index in [-0.39, 0.29) is 11.9 Å². The standard InChI is InChI=1S/C10H13N3O3/c1-3-9(14)13-4-5-15-6-8(13)10-11-7(2)16-12-10/h3,8H,1,4-6H2,2H3/t8-/m1/s1. The summed E-state index contributed by atoms with van der Waals surface area (Å²) < 4.78 is 10.2. The van der Waals surface area contributed by atoms with Crippen molar-refractivity contribution in [1.82, 2.24) is 15.0 Å². The van der Waals surface area contributed by atoms with Crippen LogP contribution in [0, 0.1) is 6.92 Å². The van der Waals surface area contributed by atoms with Crippen LogP contribution < -0.4 is 0 Å². The average molecular weight is 223 g/mol. The summed E-state index contributed by atoms with van der Waals surface area (Å²) in [6.07, 6.45) is 1.28. The summed E-state index contributed by atoms with van der Waals surface area (Å²) in [7, 11) is 0. The summed E-state index contributed by atoms with van der Waals surface area (Å²) in [5.41, 5.74) is 0. The molecule has 1 aromatic heterocycles. The first-order valence-corrected chi connectivity index (χ1v) is 5.03. The van der Waals surface area contributed by atoms with Gasteiger partial charge in [-0.2, -0.15) is 4.98 Å². The summed E-state index contributed by atoms with van der Waals surface area (Å²) in [5, 5.41) is 3.81. The zero-order valence-corrected chi connectivity index (χ0v) is 9.05. The van der Waals surface area contributed by atoms with E-state index < -0.39 is 0 Å². The number of ether oxygens (including phenoxy) is 1. The zero-order chi connectivity index (χ0) is 11.5.